The van der Waals surface area contributed by atoms with Crippen LogP contribution in [0.25, 0.3) is 0 Å². The molecule has 0 saturated heterocycles. The first-order valence-corrected chi connectivity index (χ1v) is 3.86. The lowest BCUT2D eigenvalue weighted by molar-refractivity contribution is 0.740. The lowest BCUT2D eigenvalue weighted by Gasteiger charge is -2.16. The fourth-order valence-electron chi connectivity index (χ4n) is 1.12. The number of nitrogens with two attached hydrogens (primary N) is 1. The number of hydrogen-bond acceptors (Lipinski definition) is 4. The molecule has 0 aliphatic carbocycles. The van der Waals surface area contributed by atoms with E-state index in [-0.39, 0.29) is 6.04 Å². The molecular formula is C8H13N5. The maximum atomic E-state index is 5.57. The van der Waals surface area contributed by atoms with Crippen molar-refractivity contribution in [1.82, 2.24) is 4.90 Å². The first-order chi connectivity index (χ1) is 6.19. The van der Waals surface area contributed by atoms with Gasteiger partial charge >= 0.3 is 0 Å². The van der Waals surface area contributed by atoms with Gasteiger partial charge in [0.1, 0.15) is 17.7 Å². The quantitative estimate of drug-likeness (QED) is 0.569. The second-order valence-corrected chi connectivity index (χ2v) is 2.66. The van der Waals surface area contributed by atoms with E-state index in [1.54, 1.807) is 24.4 Å². The third kappa shape index (κ3) is 1.93. The highest BCUT2D eigenvalue weighted by atomic mass is 15.2. The Morgan fingerprint density at radius 3 is 2.92 bits per heavy atom. The van der Waals surface area contributed by atoms with Crippen molar-refractivity contribution in [3.05, 3.63) is 11.9 Å². The first kappa shape index (κ1) is 9.44. The van der Waals surface area contributed by atoms with Gasteiger partial charge in [0.05, 0.1) is 6.34 Å². The predicted octanol–water partition coefficient (Wildman–Crippen LogP) is -0.142. The van der Waals surface area contributed by atoms with Crippen LogP contribution in [0.2, 0.25) is 0 Å². The molecule has 1 aliphatic heterocycles. The molecule has 0 saturated carbocycles. The van der Waals surface area contributed by atoms with Crippen molar-refractivity contribution in [2.45, 2.75) is 6.04 Å². The Hall–Kier alpha value is -1.65. The number of likely N-dealkylation sites (N-methyl/N-ethyl adjacent to an activating group) is 1. The minimum Gasteiger partial charge on any atom is -0.384 e. The van der Waals surface area contributed by atoms with Crippen molar-refractivity contribution < 1.29 is 0 Å². The average molecular weight is 179 g/mol. The van der Waals surface area contributed by atoms with Crippen LogP contribution in [0.5, 0.6) is 0 Å². The zero-order valence-corrected chi connectivity index (χ0v) is 7.81. The Labute approximate surface area is 77.4 Å². The van der Waals surface area contributed by atoms with E-state index in [0.29, 0.717) is 5.82 Å². The minimum atomic E-state index is -0.211. The van der Waals surface area contributed by atoms with E-state index in [4.69, 9.17) is 5.73 Å². The van der Waals surface area contributed by atoms with Crippen molar-refractivity contribution in [2.24, 2.45) is 20.7 Å². The summed E-state index contributed by atoms with van der Waals surface area (Å²) in [6, 6.07) is -0.211. The summed E-state index contributed by atoms with van der Waals surface area (Å²) in [6.07, 6.45) is 3.33. The molecule has 0 aromatic rings. The van der Waals surface area contributed by atoms with Crippen LogP contribution in [0.3, 0.4) is 0 Å². The van der Waals surface area contributed by atoms with Gasteiger partial charge in [-0.15, -0.1) is 0 Å². The van der Waals surface area contributed by atoms with E-state index in [9.17, 15) is 0 Å². The molecule has 0 fully saturated rings. The third-order valence-electron chi connectivity index (χ3n) is 1.76. The Balaban J connectivity index is 3.06. The second kappa shape index (κ2) is 3.84. The van der Waals surface area contributed by atoms with Crippen LogP contribution in [0, 0.1) is 0 Å². The molecule has 1 unspecified atom stereocenters. The molecular weight excluding hydrogens is 166 g/mol. The molecule has 0 amide bonds. The molecule has 0 aromatic heterocycles. The summed E-state index contributed by atoms with van der Waals surface area (Å²) >= 11 is 0. The predicted molar refractivity (Wildman–Crippen MR) is 55.2 cm³/mol. The largest absolute Gasteiger partial charge is 0.384 e. The normalized spacial score (nSPS) is 25.7. The van der Waals surface area contributed by atoms with E-state index in [0.717, 1.165) is 5.84 Å². The summed E-state index contributed by atoms with van der Waals surface area (Å²) < 4.78 is 0. The molecule has 2 N–H and O–H groups in total. The van der Waals surface area contributed by atoms with Gasteiger partial charge in [0, 0.05) is 14.1 Å². The molecule has 5 nitrogen and oxygen atoms in total. The van der Waals surface area contributed by atoms with Gasteiger partial charge in [-0.05, 0) is 12.8 Å². The average Bonchev–Trinajstić information content (AvgIpc) is 2.26. The van der Waals surface area contributed by atoms with Gasteiger partial charge in [-0.3, -0.25) is 9.98 Å². The van der Waals surface area contributed by atoms with Gasteiger partial charge < -0.3 is 10.6 Å². The minimum absolute atomic E-state index is 0.211. The highest BCUT2D eigenvalue weighted by Crippen LogP contribution is 2.06. The van der Waals surface area contributed by atoms with E-state index in [2.05, 4.69) is 21.7 Å². The fourth-order valence-corrected chi connectivity index (χ4v) is 1.12. The molecule has 1 atom stereocenters. The molecule has 13 heavy (non-hydrogen) atoms. The van der Waals surface area contributed by atoms with Crippen molar-refractivity contribution >= 4 is 18.9 Å². The summed E-state index contributed by atoms with van der Waals surface area (Å²) in [5.74, 6) is 1.21. The Morgan fingerprint density at radius 1 is 1.69 bits per heavy atom. The number of nitrogens with zero attached hydrogens (tertiary/aromatic N) is 4. The Morgan fingerprint density at radius 2 is 2.38 bits per heavy atom. The number of amidine groups is 1. The fraction of sp³-hybridized carbons (Fsp3) is 0.375. The Bertz CT molecular complexity index is 289. The lowest BCUT2D eigenvalue weighted by Crippen LogP contribution is -2.32. The maximum Gasteiger partial charge on any atom is 0.133 e. The van der Waals surface area contributed by atoms with E-state index < -0.39 is 0 Å². The summed E-state index contributed by atoms with van der Waals surface area (Å²) in [7, 11) is 3.55. The van der Waals surface area contributed by atoms with E-state index in [1.165, 1.54) is 0 Å². The Kier molecular flexibility index (Phi) is 2.79. The van der Waals surface area contributed by atoms with Crippen LogP contribution < -0.4 is 5.73 Å². The number of rotatable bonds is 1. The maximum absolute atomic E-state index is 5.57. The van der Waals surface area contributed by atoms with Gasteiger partial charge in [-0.25, -0.2) is 4.99 Å². The zero-order chi connectivity index (χ0) is 9.84. The molecule has 1 rings (SSSR count). The van der Waals surface area contributed by atoms with Crippen LogP contribution in [-0.4, -0.2) is 43.9 Å². The lowest BCUT2D eigenvalue weighted by atomic mass is 10.2. The molecule has 0 radical (unpaired) electrons. The standard InChI is InChI=1S/C8H13N5/c1-10-6-4-7(9)12-5-13(3)8(6)11-2/h4-6H,1,9H2,2-3H3. The third-order valence-corrected chi connectivity index (χ3v) is 1.76. The van der Waals surface area contributed by atoms with Crippen LogP contribution in [0.15, 0.2) is 26.9 Å². The van der Waals surface area contributed by atoms with Crippen LogP contribution in [0.4, 0.5) is 0 Å². The van der Waals surface area contributed by atoms with Crippen LogP contribution >= 0.6 is 0 Å². The van der Waals surface area contributed by atoms with Crippen LogP contribution in [-0.2, 0) is 0 Å². The molecule has 0 bridgehead atoms. The summed E-state index contributed by atoms with van der Waals surface area (Å²) in [4.78, 5) is 13.7. The van der Waals surface area contributed by atoms with Gasteiger partial charge in [-0.1, -0.05) is 0 Å². The van der Waals surface area contributed by atoms with E-state index in [1.807, 2.05) is 7.05 Å². The topological polar surface area (TPSA) is 66.3 Å². The van der Waals surface area contributed by atoms with Crippen molar-refractivity contribution in [3.63, 3.8) is 0 Å². The number of aliphatic imine (C=N–C) groups is 3. The van der Waals surface area contributed by atoms with Crippen molar-refractivity contribution in [1.29, 1.82) is 0 Å². The van der Waals surface area contributed by atoms with Gasteiger partial charge in [-0.2, -0.15) is 0 Å². The second-order valence-electron chi connectivity index (χ2n) is 2.66. The summed E-state index contributed by atoms with van der Waals surface area (Å²) in [6.45, 7) is 3.48. The molecule has 1 heterocycles. The van der Waals surface area contributed by atoms with Crippen LogP contribution in [0.1, 0.15) is 0 Å². The molecule has 70 valence electrons. The van der Waals surface area contributed by atoms with Crippen molar-refractivity contribution in [2.75, 3.05) is 14.1 Å². The van der Waals surface area contributed by atoms with Gasteiger partial charge in [0.15, 0.2) is 0 Å². The zero-order valence-electron chi connectivity index (χ0n) is 7.81. The highest BCUT2D eigenvalue weighted by Gasteiger charge is 2.16. The molecule has 0 spiro atoms. The smallest absolute Gasteiger partial charge is 0.133 e. The summed E-state index contributed by atoms with van der Waals surface area (Å²) in [5.41, 5.74) is 5.57. The van der Waals surface area contributed by atoms with Gasteiger partial charge in [0.25, 0.3) is 0 Å². The molecule has 5 heteroatoms. The first-order valence-electron chi connectivity index (χ1n) is 3.86. The monoisotopic (exact) mass is 179 g/mol. The van der Waals surface area contributed by atoms with Crippen molar-refractivity contribution in [3.8, 4) is 0 Å². The van der Waals surface area contributed by atoms with E-state index >= 15 is 0 Å². The summed E-state index contributed by atoms with van der Waals surface area (Å²) in [5, 5.41) is 0. The van der Waals surface area contributed by atoms with Gasteiger partial charge in [0.2, 0.25) is 0 Å². The SMILES string of the molecule is C=NC1C=C(N)N=CN(C)C1=NC. The highest BCUT2D eigenvalue weighted by molar-refractivity contribution is 5.98. The molecule has 1 aliphatic rings. The number of hydrogen-bond donors (Lipinski definition) is 1. The molecule has 0 aromatic carbocycles.